The fourth-order valence-corrected chi connectivity index (χ4v) is 1.51. The van der Waals surface area contributed by atoms with E-state index in [2.05, 4.69) is 34.2 Å². The molecule has 0 atom stereocenters. The first kappa shape index (κ1) is 15.4. The Bertz CT molecular complexity index is 387. The van der Waals surface area contributed by atoms with E-state index in [0.717, 1.165) is 0 Å². The Morgan fingerprint density at radius 3 is 2.58 bits per heavy atom. The molecule has 0 aliphatic carbocycles. The summed E-state index contributed by atoms with van der Waals surface area (Å²) >= 11 is 0. The number of anilines is 2. The SMILES string of the molecule is CCOc1nc(NN)nc(N(CCOC)C(C)C)n1. The van der Waals surface area contributed by atoms with Gasteiger partial charge in [0.2, 0.25) is 11.9 Å². The molecule has 0 amide bonds. The number of ether oxygens (including phenoxy) is 2. The highest BCUT2D eigenvalue weighted by Gasteiger charge is 2.16. The number of nitrogens with one attached hydrogen (secondary N) is 1. The van der Waals surface area contributed by atoms with Gasteiger partial charge in [-0.3, -0.25) is 5.43 Å². The van der Waals surface area contributed by atoms with Crippen LogP contribution in [0.25, 0.3) is 0 Å². The van der Waals surface area contributed by atoms with Gasteiger partial charge in [0.05, 0.1) is 13.2 Å². The van der Waals surface area contributed by atoms with Crippen molar-refractivity contribution in [1.82, 2.24) is 15.0 Å². The molecule has 0 spiro atoms. The maximum atomic E-state index is 5.36. The molecule has 108 valence electrons. The standard InChI is InChI=1S/C11H22N6O2/c1-5-19-11-14-9(16-12)13-10(15-11)17(8(2)3)6-7-18-4/h8H,5-7,12H2,1-4H3,(H,13,14,15,16). The number of hydrogen-bond donors (Lipinski definition) is 2. The number of hydrogen-bond acceptors (Lipinski definition) is 8. The van der Waals surface area contributed by atoms with Crippen molar-refractivity contribution in [3.8, 4) is 6.01 Å². The van der Waals surface area contributed by atoms with Crippen LogP contribution in [0.5, 0.6) is 6.01 Å². The van der Waals surface area contributed by atoms with Gasteiger partial charge in [-0.2, -0.15) is 15.0 Å². The zero-order chi connectivity index (χ0) is 14.3. The van der Waals surface area contributed by atoms with E-state index in [1.807, 2.05) is 11.8 Å². The molecule has 19 heavy (non-hydrogen) atoms. The number of rotatable bonds is 8. The summed E-state index contributed by atoms with van der Waals surface area (Å²) in [5, 5.41) is 0. The summed E-state index contributed by atoms with van der Waals surface area (Å²) in [5.41, 5.74) is 2.42. The Morgan fingerprint density at radius 1 is 1.32 bits per heavy atom. The summed E-state index contributed by atoms with van der Waals surface area (Å²) in [7, 11) is 1.66. The van der Waals surface area contributed by atoms with E-state index in [-0.39, 0.29) is 18.0 Å². The number of aromatic nitrogens is 3. The van der Waals surface area contributed by atoms with Crippen molar-refractivity contribution in [2.24, 2.45) is 5.84 Å². The Labute approximate surface area is 113 Å². The first-order valence-electron chi connectivity index (χ1n) is 6.23. The van der Waals surface area contributed by atoms with Crippen LogP contribution in [0.3, 0.4) is 0 Å². The molecule has 8 nitrogen and oxygen atoms in total. The Balaban J connectivity index is 3.02. The maximum absolute atomic E-state index is 5.36. The minimum Gasteiger partial charge on any atom is -0.464 e. The first-order valence-corrected chi connectivity index (χ1v) is 6.23. The smallest absolute Gasteiger partial charge is 0.323 e. The van der Waals surface area contributed by atoms with E-state index in [0.29, 0.717) is 25.7 Å². The second-order valence-corrected chi connectivity index (χ2v) is 4.10. The van der Waals surface area contributed by atoms with Crippen LogP contribution in [0, 0.1) is 0 Å². The highest BCUT2D eigenvalue weighted by molar-refractivity contribution is 5.38. The molecule has 1 aromatic heterocycles. The first-order chi connectivity index (χ1) is 9.12. The van der Waals surface area contributed by atoms with Crippen LogP contribution in [0.15, 0.2) is 0 Å². The molecule has 1 heterocycles. The Hall–Kier alpha value is -1.67. The molecule has 1 rings (SSSR count). The van der Waals surface area contributed by atoms with E-state index in [1.165, 1.54) is 0 Å². The number of nitrogens with two attached hydrogens (primary N) is 1. The minimum absolute atomic E-state index is 0.220. The summed E-state index contributed by atoms with van der Waals surface area (Å²) in [6, 6.07) is 0.473. The van der Waals surface area contributed by atoms with Crippen molar-refractivity contribution in [3.05, 3.63) is 0 Å². The molecular formula is C11H22N6O2. The van der Waals surface area contributed by atoms with Crippen LogP contribution in [-0.2, 0) is 4.74 Å². The summed E-state index contributed by atoms with van der Waals surface area (Å²) in [6.45, 7) is 7.70. The molecule has 0 saturated heterocycles. The van der Waals surface area contributed by atoms with Gasteiger partial charge < -0.3 is 14.4 Å². The monoisotopic (exact) mass is 270 g/mol. The Morgan fingerprint density at radius 2 is 2.05 bits per heavy atom. The van der Waals surface area contributed by atoms with Crippen LogP contribution >= 0.6 is 0 Å². The average Bonchev–Trinajstić information content (AvgIpc) is 2.39. The van der Waals surface area contributed by atoms with E-state index < -0.39 is 0 Å². The van der Waals surface area contributed by atoms with E-state index >= 15 is 0 Å². The second kappa shape index (κ2) is 7.70. The quantitative estimate of drug-likeness (QED) is 0.518. The van der Waals surface area contributed by atoms with Crippen molar-refractivity contribution in [2.45, 2.75) is 26.8 Å². The third-order valence-corrected chi connectivity index (χ3v) is 2.42. The molecule has 1 aromatic rings. The summed E-state index contributed by atoms with van der Waals surface area (Å²) in [6.07, 6.45) is 0. The number of nitrogen functional groups attached to an aromatic ring is 1. The molecular weight excluding hydrogens is 248 g/mol. The van der Waals surface area contributed by atoms with Gasteiger partial charge in [-0.1, -0.05) is 0 Å². The zero-order valence-electron chi connectivity index (χ0n) is 11.9. The number of nitrogens with zero attached hydrogens (tertiary/aromatic N) is 4. The lowest BCUT2D eigenvalue weighted by Gasteiger charge is -2.26. The second-order valence-electron chi connectivity index (χ2n) is 4.10. The number of methoxy groups -OCH3 is 1. The minimum atomic E-state index is 0.220. The molecule has 0 aromatic carbocycles. The predicted molar refractivity (Wildman–Crippen MR) is 73.2 cm³/mol. The average molecular weight is 270 g/mol. The molecule has 0 radical (unpaired) electrons. The largest absolute Gasteiger partial charge is 0.464 e. The van der Waals surface area contributed by atoms with Crippen LogP contribution in [0.2, 0.25) is 0 Å². The topological polar surface area (TPSA) is 98.4 Å². The molecule has 0 fully saturated rings. The maximum Gasteiger partial charge on any atom is 0.323 e. The molecule has 0 bridgehead atoms. The van der Waals surface area contributed by atoms with Gasteiger partial charge in [-0.25, -0.2) is 5.84 Å². The van der Waals surface area contributed by atoms with Gasteiger partial charge >= 0.3 is 6.01 Å². The summed E-state index contributed by atoms with van der Waals surface area (Å²) < 4.78 is 10.4. The Kier molecular flexibility index (Phi) is 6.23. The molecule has 3 N–H and O–H groups in total. The fourth-order valence-electron chi connectivity index (χ4n) is 1.51. The normalized spacial score (nSPS) is 10.6. The lowest BCUT2D eigenvalue weighted by Crippen LogP contribution is -2.35. The predicted octanol–water partition coefficient (Wildman–Crippen LogP) is 0.417. The number of hydrazine groups is 1. The van der Waals surface area contributed by atoms with Gasteiger partial charge in [-0.05, 0) is 20.8 Å². The van der Waals surface area contributed by atoms with E-state index in [9.17, 15) is 0 Å². The third kappa shape index (κ3) is 4.49. The highest BCUT2D eigenvalue weighted by Crippen LogP contribution is 2.16. The summed E-state index contributed by atoms with van der Waals surface area (Å²) in [5.74, 6) is 6.15. The van der Waals surface area contributed by atoms with Crippen molar-refractivity contribution in [3.63, 3.8) is 0 Å². The van der Waals surface area contributed by atoms with E-state index in [4.69, 9.17) is 15.3 Å². The van der Waals surface area contributed by atoms with Gasteiger partial charge in [0.15, 0.2) is 0 Å². The molecule has 8 heteroatoms. The van der Waals surface area contributed by atoms with E-state index in [1.54, 1.807) is 7.11 Å². The molecule has 0 aliphatic rings. The van der Waals surface area contributed by atoms with Crippen molar-refractivity contribution >= 4 is 11.9 Å². The van der Waals surface area contributed by atoms with Crippen molar-refractivity contribution < 1.29 is 9.47 Å². The molecule has 0 aliphatic heterocycles. The lowest BCUT2D eigenvalue weighted by molar-refractivity contribution is 0.203. The van der Waals surface area contributed by atoms with Gasteiger partial charge in [0.25, 0.3) is 0 Å². The third-order valence-electron chi connectivity index (χ3n) is 2.42. The fraction of sp³-hybridized carbons (Fsp3) is 0.727. The summed E-state index contributed by atoms with van der Waals surface area (Å²) in [4.78, 5) is 14.5. The van der Waals surface area contributed by atoms with Crippen molar-refractivity contribution in [1.29, 1.82) is 0 Å². The van der Waals surface area contributed by atoms with Gasteiger partial charge in [-0.15, -0.1) is 0 Å². The van der Waals surface area contributed by atoms with Crippen LogP contribution < -0.4 is 20.9 Å². The zero-order valence-corrected chi connectivity index (χ0v) is 11.9. The van der Waals surface area contributed by atoms with Crippen molar-refractivity contribution in [2.75, 3.05) is 37.2 Å². The van der Waals surface area contributed by atoms with Crippen LogP contribution in [0.4, 0.5) is 11.9 Å². The van der Waals surface area contributed by atoms with Gasteiger partial charge in [0.1, 0.15) is 0 Å². The molecule has 0 saturated carbocycles. The van der Waals surface area contributed by atoms with Gasteiger partial charge in [0, 0.05) is 19.7 Å². The van der Waals surface area contributed by atoms with Crippen LogP contribution in [0.1, 0.15) is 20.8 Å². The molecule has 0 unspecified atom stereocenters. The lowest BCUT2D eigenvalue weighted by atomic mass is 10.3. The highest BCUT2D eigenvalue weighted by atomic mass is 16.5. The van der Waals surface area contributed by atoms with Crippen LogP contribution in [-0.4, -0.2) is 47.9 Å².